The third kappa shape index (κ3) is 3.54. The maximum atomic E-state index is 9.42. The molecule has 1 unspecified atom stereocenters. The first-order chi connectivity index (χ1) is 9.24. The molecule has 1 fully saturated rings. The number of aliphatic hydroxyl groups excluding tert-OH is 1. The predicted octanol–water partition coefficient (Wildman–Crippen LogP) is 0.804. The van der Waals surface area contributed by atoms with Crippen LogP contribution in [-0.4, -0.2) is 54.0 Å². The number of nitrogens with zero attached hydrogens (tertiary/aromatic N) is 3. The van der Waals surface area contributed by atoms with Crippen molar-refractivity contribution >= 4 is 11.8 Å². The molecule has 1 aliphatic rings. The Bertz CT molecular complexity index is 414. The van der Waals surface area contributed by atoms with Crippen LogP contribution in [0.2, 0.25) is 0 Å². The highest BCUT2D eigenvalue weighted by molar-refractivity contribution is 5.46. The zero-order chi connectivity index (χ0) is 13.7. The molecule has 0 radical (unpaired) electrons. The van der Waals surface area contributed by atoms with Gasteiger partial charge >= 0.3 is 0 Å². The van der Waals surface area contributed by atoms with Gasteiger partial charge in [-0.3, -0.25) is 0 Å². The monoisotopic (exact) mass is 266 g/mol. The van der Waals surface area contributed by atoms with Crippen molar-refractivity contribution in [3.63, 3.8) is 0 Å². The number of hydrogen-bond donors (Lipinski definition) is 2. The van der Waals surface area contributed by atoms with Gasteiger partial charge in [-0.2, -0.15) is 4.98 Å². The number of ether oxygens (including phenoxy) is 1. The van der Waals surface area contributed by atoms with E-state index in [0.29, 0.717) is 19.2 Å². The highest BCUT2D eigenvalue weighted by Crippen LogP contribution is 2.19. The van der Waals surface area contributed by atoms with Crippen LogP contribution >= 0.6 is 0 Å². The van der Waals surface area contributed by atoms with E-state index < -0.39 is 0 Å². The summed E-state index contributed by atoms with van der Waals surface area (Å²) in [5.41, 5.74) is 0.923. The van der Waals surface area contributed by atoms with E-state index in [9.17, 15) is 5.11 Å². The summed E-state index contributed by atoms with van der Waals surface area (Å²) in [7, 11) is 0. The number of aryl methyl sites for hydroxylation is 1. The molecule has 0 bridgehead atoms. The minimum absolute atomic E-state index is 0.0259. The van der Waals surface area contributed by atoms with Gasteiger partial charge in [0.15, 0.2) is 0 Å². The van der Waals surface area contributed by atoms with E-state index in [0.717, 1.165) is 31.0 Å². The summed E-state index contributed by atoms with van der Waals surface area (Å²) in [6, 6.07) is 1.92. The topological polar surface area (TPSA) is 70.5 Å². The molecular formula is C13H22N4O2. The van der Waals surface area contributed by atoms with Crippen LogP contribution in [-0.2, 0) is 4.74 Å². The van der Waals surface area contributed by atoms with Crippen molar-refractivity contribution in [2.24, 2.45) is 0 Å². The number of hydrogen-bond acceptors (Lipinski definition) is 6. The first-order valence-corrected chi connectivity index (χ1v) is 6.79. The van der Waals surface area contributed by atoms with Crippen LogP contribution in [0.15, 0.2) is 6.07 Å². The van der Waals surface area contributed by atoms with Crippen molar-refractivity contribution in [3.05, 3.63) is 11.8 Å². The number of morpholine rings is 1. The molecule has 0 saturated carbocycles. The number of rotatable bonds is 5. The van der Waals surface area contributed by atoms with E-state index in [1.165, 1.54) is 0 Å². The lowest BCUT2D eigenvalue weighted by Crippen LogP contribution is -2.48. The largest absolute Gasteiger partial charge is 0.394 e. The summed E-state index contributed by atoms with van der Waals surface area (Å²) in [6.07, 6.45) is 1.03. The molecule has 2 rings (SSSR count). The molecule has 2 heterocycles. The first kappa shape index (κ1) is 14.0. The highest BCUT2D eigenvalue weighted by Gasteiger charge is 2.24. The number of nitrogens with one attached hydrogen (secondary N) is 1. The predicted molar refractivity (Wildman–Crippen MR) is 74.6 cm³/mol. The van der Waals surface area contributed by atoms with Gasteiger partial charge in [-0.05, 0) is 13.3 Å². The third-order valence-corrected chi connectivity index (χ3v) is 3.11. The van der Waals surface area contributed by atoms with Gasteiger partial charge < -0.3 is 20.1 Å². The van der Waals surface area contributed by atoms with Crippen molar-refractivity contribution in [3.8, 4) is 0 Å². The molecule has 0 spiro atoms. The molecule has 19 heavy (non-hydrogen) atoms. The van der Waals surface area contributed by atoms with E-state index in [1.54, 1.807) is 0 Å². The average Bonchev–Trinajstić information content (AvgIpc) is 2.44. The van der Waals surface area contributed by atoms with Gasteiger partial charge in [0.05, 0.1) is 25.9 Å². The molecule has 106 valence electrons. The summed E-state index contributed by atoms with van der Waals surface area (Å²) < 4.78 is 5.39. The molecule has 1 aromatic rings. The van der Waals surface area contributed by atoms with Crippen LogP contribution in [0.1, 0.15) is 19.0 Å². The molecule has 1 saturated heterocycles. The van der Waals surface area contributed by atoms with Crippen molar-refractivity contribution in [2.75, 3.05) is 43.1 Å². The van der Waals surface area contributed by atoms with Gasteiger partial charge in [0.2, 0.25) is 5.95 Å². The number of aromatic nitrogens is 2. The molecule has 1 aliphatic heterocycles. The normalized spacial score (nSPS) is 19.5. The molecule has 1 atom stereocenters. The average molecular weight is 266 g/mol. The molecule has 0 amide bonds. The van der Waals surface area contributed by atoms with E-state index in [4.69, 9.17) is 4.74 Å². The Balaban J connectivity index is 2.19. The fourth-order valence-corrected chi connectivity index (χ4v) is 2.12. The summed E-state index contributed by atoms with van der Waals surface area (Å²) in [5.74, 6) is 1.51. The van der Waals surface area contributed by atoms with Crippen molar-refractivity contribution in [1.82, 2.24) is 9.97 Å². The van der Waals surface area contributed by atoms with E-state index >= 15 is 0 Å². The van der Waals surface area contributed by atoms with Gasteiger partial charge in [-0.15, -0.1) is 0 Å². The Hall–Kier alpha value is -1.40. The number of anilines is 2. The Morgan fingerprint density at radius 2 is 2.37 bits per heavy atom. The van der Waals surface area contributed by atoms with Crippen molar-refractivity contribution in [2.45, 2.75) is 26.3 Å². The summed E-state index contributed by atoms with van der Waals surface area (Å²) in [5, 5.41) is 12.6. The maximum Gasteiger partial charge on any atom is 0.224 e. The highest BCUT2D eigenvalue weighted by atomic mass is 16.5. The second-order valence-electron chi connectivity index (χ2n) is 4.72. The summed E-state index contributed by atoms with van der Waals surface area (Å²) >= 11 is 0. The summed E-state index contributed by atoms with van der Waals surface area (Å²) in [4.78, 5) is 11.0. The van der Waals surface area contributed by atoms with Crippen LogP contribution in [0.25, 0.3) is 0 Å². The Kier molecular flexibility index (Phi) is 4.93. The fraction of sp³-hybridized carbons (Fsp3) is 0.692. The van der Waals surface area contributed by atoms with E-state index in [1.807, 2.05) is 13.0 Å². The van der Waals surface area contributed by atoms with Gasteiger partial charge in [0, 0.05) is 24.8 Å². The third-order valence-electron chi connectivity index (χ3n) is 3.11. The van der Waals surface area contributed by atoms with Gasteiger partial charge in [0.25, 0.3) is 0 Å². The van der Waals surface area contributed by atoms with Crippen LogP contribution in [0.4, 0.5) is 11.8 Å². The minimum atomic E-state index is -0.0259. The van der Waals surface area contributed by atoms with Crippen molar-refractivity contribution < 1.29 is 9.84 Å². The Morgan fingerprint density at radius 3 is 3.11 bits per heavy atom. The van der Waals surface area contributed by atoms with Gasteiger partial charge in [0.1, 0.15) is 5.82 Å². The quantitative estimate of drug-likeness (QED) is 0.821. The minimum Gasteiger partial charge on any atom is -0.394 e. The van der Waals surface area contributed by atoms with E-state index in [-0.39, 0.29) is 12.6 Å². The second-order valence-corrected chi connectivity index (χ2v) is 4.72. The van der Waals surface area contributed by atoms with Crippen molar-refractivity contribution in [1.29, 1.82) is 0 Å². The lowest BCUT2D eigenvalue weighted by molar-refractivity contribution is 0.0723. The maximum absolute atomic E-state index is 9.42. The molecule has 6 nitrogen and oxygen atoms in total. The molecule has 6 heteroatoms. The molecule has 2 N–H and O–H groups in total. The van der Waals surface area contributed by atoms with Gasteiger partial charge in [-0.1, -0.05) is 6.92 Å². The van der Waals surface area contributed by atoms with Crippen LogP contribution in [0, 0.1) is 6.92 Å². The molecule has 0 aliphatic carbocycles. The number of aliphatic hydroxyl groups is 1. The van der Waals surface area contributed by atoms with Crippen LogP contribution in [0.5, 0.6) is 0 Å². The summed E-state index contributed by atoms with van der Waals surface area (Å²) in [6.45, 7) is 6.93. The Labute approximate surface area is 113 Å². The molecule has 1 aromatic heterocycles. The lowest BCUT2D eigenvalue weighted by Gasteiger charge is -2.35. The SMILES string of the molecule is CCCNc1nc(C)cc(N2CCOCC2CO)n1. The first-order valence-electron chi connectivity index (χ1n) is 6.79. The molecule has 0 aromatic carbocycles. The Morgan fingerprint density at radius 1 is 1.53 bits per heavy atom. The zero-order valence-corrected chi connectivity index (χ0v) is 11.6. The standard InChI is InChI=1S/C13H22N4O2/c1-3-4-14-13-15-10(2)7-12(16-13)17-5-6-19-9-11(17)8-18/h7,11,18H,3-6,8-9H2,1-2H3,(H,14,15,16). The smallest absolute Gasteiger partial charge is 0.224 e. The van der Waals surface area contributed by atoms with E-state index in [2.05, 4.69) is 27.1 Å². The molecular weight excluding hydrogens is 244 g/mol. The van der Waals surface area contributed by atoms with Gasteiger partial charge in [-0.25, -0.2) is 4.98 Å². The van der Waals surface area contributed by atoms with Crippen LogP contribution in [0.3, 0.4) is 0 Å². The fourth-order valence-electron chi connectivity index (χ4n) is 2.12. The zero-order valence-electron chi connectivity index (χ0n) is 11.6. The second kappa shape index (κ2) is 6.68. The lowest BCUT2D eigenvalue weighted by atomic mass is 10.2. The van der Waals surface area contributed by atoms with Crippen LogP contribution < -0.4 is 10.2 Å².